The molecule has 0 aromatic heterocycles. The molecule has 0 spiro atoms. The standard InChI is InChI=1S/C72H143N2O6P/c1-6-8-10-12-14-16-18-20-22-24-26-28-29-30-31-32-33-34-35-36-37-38-39-40-41-42-43-44-45-46-48-50-52-54-56-58-60-62-64-66-72(76)73-70(69-80-81(77,78)79-68-67-74(3,4)5)71(75)65-63-61-59-57-55-53-51-49-47-27-25-23-21-19-17-15-13-11-9-7-2/h24,26,63,65,70-71,75H,6-23,25,27-62,64,66-69H2,1-5H3,(H-,73,76,77,78)/b26-24-,65-63+. The molecule has 0 aliphatic carbocycles. The van der Waals surface area contributed by atoms with Crippen LogP contribution in [0.2, 0.25) is 0 Å². The van der Waals surface area contributed by atoms with Gasteiger partial charge in [0.05, 0.1) is 39.9 Å². The first kappa shape index (κ1) is 80.0. The summed E-state index contributed by atoms with van der Waals surface area (Å²) in [6.07, 6.45) is 83.2. The van der Waals surface area contributed by atoms with Crippen LogP contribution in [0.4, 0.5) is 0 Å². The number of nitrogens with one attached hydrogen (secondary N) is 1. The van der Waals surface area contributed by atoms with Crippen LogP contribution in [0.1, 0.15) is 380 Å². The number of nitrogens with zero attached hydrogens (tertiary/aromatic N) is 1. The molecule has 81 heavy (non-hydrogen) atoms. The van der Waals surface area contributed by atoms with E-state index in [1.54, 1.807) is 6.08 Å². The molecule has 8 nitrogen and oxygen atoms in total. The number of carbonyl (C=O) groups is 1. The van der Waals surface area contributed by atoms with Crippen LogP contribution in [0.5, 0.6) is 0 Å². The lowest BCUT2D eigenvalue weighted by molar-refractivity contribution is -0.870. The summed E-state index contributed by atoms with van der Waals surface area (Å²) in [5.74, 6) is -0.188. The van der Waals surface area contributed by atoms with Gasteiger partial charge in [0.2, 0.25) is 5.91 Å². The molecule has 3 atom stereocenters. The van der Waals surface area contributed by atoms with Crippen molar-refractivity contribution in [1.82, 2.24) is 5.32 Å². The number of quaternary nitrogens is 1. The van der Waals surface area contributed by atoms with Gasteiger partial charge in [-0.05, 0) is 44.9 Å². The van der Waals surface area contributed by atoms with Gasteiger partial charge in [-0.3, -0.25) is 9.36 Å². The predicted molar refractivity (Wildman–Crippen MR) is 353 cm³/mol. The maximum atomic E-state index is 13.0. The molecule has 1 amide bonds. The van der Waals surface area contributed by atoms with E-state index in [0.717, 1.165) is 38.5 Å². The number of aliphatic hydroxyl groups excluding tert-OH is 1. The maximum absolute atomic E-state index is 13.0. The number of hydrogen-bond donors (Lipinski definition) is 2. The minimum absolute atomic E-state index is 0.00225. The van der Waals surface area contributed by atoms with E-state index in [9.17, 15) is 19.4 Å². The van der Waals surface area contributed by atoms with E-state index in [-0.39, 0.29) is 19.1 Å². The van der Waals surface area contributed by atoms with Gasteiger partial charge in [0.25, 0.3) is 7.82 Å². The second-order valence-electron chi connectivity index (χ2n) is 26.3. The van der Waals surface area contributed by atoms with Crippen LogP contribution in [0.3, 0.4) is 0 Å². The largest absolute Gasteiger partial charge is 0.756 e. The lowest BCUT2D eigenvalue weighted by Gasteiger charge is -2.29. The topological polar surface area (TPSA) is 108 Å². The van der Waals surface area contributed by atoms with E-state index in [1.807, 2.05) is 27.2 Å². The van der Waals surface area contributed by atoms with E-state index in [0.29, 0.717) is 17.4 Å². The number of allylic oxidation sites excluding steroid dienone is 3. The third-order valence-electron chi connectivity index (χ3n) is 16.9. The highest BCUT2D eigenvalue weighted by molar-refractivity contribution is 7.45. The zero-order chi connectivity index (χ0) is 59.1. The van der Waals surface area contributed by atoms with Crippen LogP contribution in [-0.4, -0.2) is 68.5 Å². The van der Waals surface area contributed by atoms with E-state index in [2.05, 4.69) is 31.3 Å². The Labute approximate surface area is 506 Å². The van der Waals surface area contributed by atoms with Gasteiger partial charge in [0.1, 0.15) is 13.2 Å². The lowest BCUT2D eigenvalue weighted by Crippen LogP contribution is -2.45. The summed E-state index contributed by atoms with van der Waals surface area (Å²) in [4.78, 5) is 25.6. The monoisotopic (exact) mass is 1160 g/mol. The molecule has 2 N–H and O–H groups in total. The molecule has 0 aromatic carbocycles. The van der Waals surface area contributed by atoms with Crippen LogP contribution in [0.15, 0.2) is 24.3 Å². The van der Waals surface area contributed by atoms with Crippen molar-refractivity contribution < 1.29 is 32.9 Å². The Morgan fingerprint density at radius 1 is 0.420 bits per heavy atom. The molecule has 0 aromatic rings. The number of carbonyl (C=O) groups excluding carboxylic acids is 1. The quantitative estimate of drug-likeness (QED) is 0.0272. The second kappa shape index (κ2) is 63.5. The van der Waals surface area contributed by atoms with Crippen LogP contribution < -0.4 is 10.2 Å². The zero-order valence-corrected chi connectivity index (χ0v) is 56.2. The first-order valence-electron chi connectivity index (χ1n) is 36.2. The normalized spacial score (nSPS) is 13.7. The number of phosphoric acid groups is 1. The number of hydrogen-bond acceptors (Lipinski definition) is 6. The lowest BCUT2D eigenvalue weighted by atomic mass is 10.0. The SMILES string of the molecule is CCCCCCCCCC/C=C\CCCCCCCCCCCCCCCCCCCCCCCCCCCCCC(=O)NC(COP(=O)([O-])OCC[N+](C)(C)C)C(O)/C=C/CCCCCCCCCCCCCCCCCCCC. The van der Waals surface area contributed by atoms with E-state index in [4.69, 9.17) is 9.05 Å². The fourth-order valence-electron chi connectivity index (χ4n) is 11.3. The third kappa shape index (κ3) is 66.4. The molecule has 9 heteroatoms. The highest BCUT2D eigenvalue weighted by atomic mass is 31.2. The van der Waals surface area contributed by atoms with Crippen LogP contribution in [0.25, 0.3) is 0 Å². The summed E-state index contributed by atoms with van der Waals surface area (Å²) >= 11 is 0. The number of aliphatic hydroxyl groups is 1. The molecule has 0 bridgehead atoms. The molecule has 0 heterocycles. The fraction of sp³-hybridized carbons (Fsp3) is 0.931. The van der Waals surface area contributed by atoms with Gasteiger partial charge in [-0.15, -0.1) is 0 Å². The highest BCUT2D eigenvalue weighted by Crippen LogP contribution is 2.38. The van der Waals surface area contributed by atoms with Gasteiger partial charge >= 0.3 is 0 Å². The molecule has 0 saturated carbocycles. The highest BCUT2D eigenvalue weighted by Gasteiger charge is 2.23. The van der Waals surface area contributed by atoms with Gasteiger partial charge in [0, 0.05) is 6.42 Å². The van der Waals surface area contributed by atoms with Gasteiger partial charge in [-0.25, -0.2) is 0 Å². The maximum Gasteiger partial charge on any atom is 0.268 e. The summed E-state index contributed by atoms with van der Waals surface area (Å²) in [6.45, 7) is 4.71. The van der Waals surface area contributed by atoms with Gasteiger partial charge in [-0.2, -0.15) is 0 Å². The van der Waals surface area contributed by atoms with E-state index < -0.39 is 20.0 Å². The first-order valence-corrected chi connectivity index (χ1v) is 37.7. The molecular formula is C72H143N2O6P. The number of phosphoric ester groups is 1. The number of likely N-dealkylation sites (N-methyl/N-ethyl adjacent to an activating group) is 1. The average molecular weight is 1160 g/mol. The van der Waals surface area contributed by atoms with Crippen molar-refractivity contribution in [3.05, 3.63) is 24.3 Å². The molecule has 0 fully saturated rings. The molecule has 0 rings (SSSR count). The minimum atomic E-state index is -4.60. The fourth-order valence-corrected chi connectivity index (χ4v) is 12.0. The van der Waals surface area contributed by atoms with Gasteiger partial charge in [0.15, 0.2) is 0 Å². The summed E-state index contributed by atoms with van der Waals surface area (Å²) in [6, 6.07) is -0.884. The molecule has 0 aliphatic heterocycles. The van der Waals surface area contributed by atoms with Crippen molar-refractivity contribution in [2.24, 2.45) is 0 Å². The van der Waals surface area contributed by atoms with Crippen molar-refractivity contribution in [3.8, 4) is 0 Å². The van der Waals surface area contributed by atoms with Gasteiger partial charge < -0.3 is 28.8 Å². The number of rotatable bonds is 68. The smallest absolute Gasteiger partial charge is 0.268 e. The van der Waals surface area contributed by atoms with Crippen LogP contribution >= 0.6 is 7.82 Å². The summed E-state index contributed by atoms with van der Waals surface area (Å²) in [7, 11) is 1.28. The van der Waals surface area contributed by atoms with Crippen LogP contribution in [0, 0.1) is 0 Å². The van der Waals surface area contributed by atoms with E-state index >= 15 is 0 Å². The molecule has 0 aliphatic rings. The Hall–Kier alpha value is -1.02. The summed E-state index contributed by atoms with van der Waals surface area (Å²) in [5.41, 5.74) is 0. The Morgan fingerprint density at radius 3 is 0.963 bits per heavy atom. The third-order valence-corrected chi connectivity index (χ3v) is 17.9. The zero-order valence-electron chi connectivity index (χ0n) is 55.3. The van der Waals surface area contributed by atoms with Crippen LogP contribution in [-0.2, 0) is 18.4 Å². The second-order valence-corrected chi connectivity index (χ2v) is 27.7. The predicted octanol–water partition coefficient (Wildman–Crippen LogP) is 22.4. The Morgan fingerprint density at radius 2 is 0.679 bits per heavy atom. The van der Waals surface area contributed by atoms with Crippen molar-refractivity contribution in [1.29, 1.82) is 0 Å². The molecule has 0 saturated heterocycles. The summed E-state index contributed by atoms with van der Waals surface area (Å²) < 4.78 is 23.4. The molecule has 482 valence electrons. The van der Waals surface area contributed by atoms with Crippen molar-refractivity contribution in [2.45, 2.75) is 392 Å². The first-order chi connectivity index (χ1) is 39.5. The number of amides is 1. The number of unbranched alkanes of at least 4 members (excludes halogenated alkanes) is 53. The van der Waals surface area contributed by atoms with Gasteiger partial charge in [-0.1, -0.05) is 353 Å². The molecular weight excluding hydrogens is 1020 g/mol. The Bertz CT molecular complexity index is 1370. The van der Waals surface area contributed by atoms with Crippen molar-refractivity contribution >= 4 is 13.7 Å². The van der Waals surface area contributed by atoms with Crippen molar-refractivity contribution in [3.63, 3.8) is 0 Å². The molecule has 0 radical (unpaired) electrons. The average Bonchev–Trinajstić information content (AvgIpc) is 3.43. The van der Waals surface area contributed by atoms with E-state index in [1.165, 1.54) is 321 Å². The minimum Gasteiger partial charge on any atom is -0.756 e. The summed E-state index contributed by atoms with van der Waals surface area (Å²) in [5, 5.41) is 14.0. The van der Waals surface area contributed by atoms with Crippen molar-refractivity contribution in [2.75, 3.05) is 40.9 Å². The Balaban J connectivity index is 3.90. The molecule has 3 unspecified atom stereocenters. The Kier molecular flexibility index (Phi) is 62.7.